The Morgan fingerprint density at radius 3 is 2.41 bits per heavy atom. The van der Waals surface area contributed by atoms with Gasteiger partial charge in [-0.05, 0) is 43.0 Å². The molecule has 1 unspecified atom stereocenters. The predicted octanol–water partition coefficient (Wildman–Crippen LogP) is 1.27. The SMILES string of the molecule is CS(=O)(=O)c1ccc(NCC(O)C2CC2)cc1. The van der Waals surface area contributed by atoms with E-state index >= 15 is 0 Å². The molecule has 1 aliphatic rings. The van der Waals surface area contributed by atoms with Gasteiger partial charge in [0.05, 0.1) is 11.0 Å². The minimum absolute atomic E-state index is 0.301. The second-order valence-corrected chi connectivity index (χ2v) is 6.60. The summed E-state index contributed by atoms with van der Waals surface area (Å²) in [5.41, 5.74) is 0.831. The summed E-state index contributed by atoms with van der Waals surface area (Å²) in [4.78, 5) is 0.311. The number of anilines is 1. The van der Waals surface area contributed by atoms with Crippen LogP contribution in [0.15, 0.2) is 29.2 Å². The molecule has 1 aliphatic carbocycles. The van der Waals surface area contributed by atoms with Gasteiger partial charge in [0.2, 0.25) is 0 Å². The number of benzene rings is 1. The normalized spacial score (nSPS) is 17.8. The van der Waals surface area contributed by atoms with Crippen LogP contribution < -0.4 is 5.32 Å². The van der Waals surface area contributed by atoms with Crippen LogP contribution in [-0.4, -0.2) is 32.4 Å². The highest BCUT2D eigenvalue weighted by molar-refractivity contribution is 7.90. The van der Waals surface area contributed by atoms with Gasteiger partial charge in [0.25, 0.3) is 0 Å². The number of nitrogens with one attached hydrogen (secondary N) is 1. The van der Waals surface area contributed by atoms with Crippen molar-refractivity contribution in [1.29, 1.82) is 0 Å². The Hall–Kier alpha value is -1.07. The Labute approximate surface area is 102 Å². The fraction of sp³-hybridized carbons (Fsp3) is 0.500. The average Bonchev–Trinajstić information content (AvgIpc) is 3.09. The first-order valence-electron chi connectivity index (χ1n) is 5.69. The highest BCUT2D eigenvalue weighted by atomic mass is 32.2. The molecule has 0 heterocycles. The zero-order chi connectivity index (χ0) is 12.5. The lowest BCUT2D eigenvalue weighted by molar-refractivity contribution is 0.164. The first kappa shape index (κ1) is 12.4. The molecular formula is C12H17NO3S. The highest BCUT2D eigenvalue weighted by Crippen LogP contribution is 2.32. The molecule has 1 saturated carbocycles. The summed E-state index contributed by atoms with van der Waals surface area (Å²) in [5.74, 6) is 0.442. The second kappa shape index (κ2) is 4.66. The quantitative estimate of drug-likeness (QED) is 0.831. The van der Waals surface area contributed by atoms with E-state index in [-0.39, 0.29) is 6.10 Å². The Bertz CT molecular complexity index is 477. The summed E-state index contributed by atoms with van der Waals surface area (Å²) >= 11 is 0. The van der Waals surface area contributed by atoms with Gasteiger partial charge in [-0.25, -0.2) is 8.42 Å². The number of sulfone groups is 1. The third-order valence-corrected chi connectivity index (χ3v) is 4.09. The van der Waals surface area contributed by atoms with E-state index < -0.39 is 9.84 Å². The summed E-state index contributed by atoms with van der Waals surface area (Å²) in [6, 6.07) is 6.58. The summed E-state index contributed by atoms with van der Waals surface area (Å²) in [5, 5.41) is 12.8. The zero-order valence-electron chi connectivity index (χ0n) is 9.76. The number of hydrogen-bond acceptors (Lipinski definition) is 4. The van der Waals surface area contributed by atoms with Crippen LogP contribution in [0.25, 0.3) is 0 Å². The first-order chi connectivity index (χ1) is 7.97. The molecule has 1 fully saturated rings. The summed E-state index contributed by atoms with van der Waals surface area (Å²) in [6.45, 7) is 0.517. The van der Waals surface area contributed by atoms with E-state index in [1.807, 2.05) is 0 Å². The van der Waals surface area contributed by atoms with Crippen LogP contribution in [0.1, 0.15) is 12.8 Å². The molecule has 1 aromatic rings. The maximum absolute atomic E-state index is 11.2. The van der Waals surface area contributed by atoms with Crippen LogP contribution >= 0.6 is 0 Å². The standard InChI is InChI=1S/C12H17NO3S/c1-17(15,16)11-6-4-10(5-7-11)13-8-12(14)9-2-3-9/h4-7,9,12-14H,2-3,8H2,1H3. The van der Waals surface area contributed by atoms with E-state index in [9.17, 15) is 13.5 Å². The maximum Gasteiger partial charge on any atom is 0.175 e. The Kier molecular flexibility index (Phi) is 3.40. The van der Waals surface area contributed by atoms with Crippen LogP contribution in [0.2, 0.25) is 0 Å². The van der Waals surface area contributed by atoms with E-state index in [4.69, 9.17) is 0 Å². The molecule has 0 bridgehead atoms. The van der Waals surface area contributed by atoms with Gasteiger partial charge in [-0.1, -0.05) is 0 Å². The van der Waals surface area contributed by atoms with Gasteiger partial charge >= 0.3 is 0 Å². The van der Waals surface area contributed by atoms with Gasteiger partial charge in [0, 0.05) is 18.5 Å². The fourth-order valence-electron chi connectivity index (χ4n) is 1.69. The molecule has 2 N–H and O–H groups in total. The number of rotatable bonds is 5. The molecule has 0 spiro atoms. The lowest BCUT2D eigenvalue weighted by Gasteiger charge is -2.11. The first-order valence-corrected chi connectivity index (χ1v) is 7.58. The zero-order valence-corrected chi connectivity index (χ0v) is 10.6. The third-order valence-electron chi connectivity index (χ3n) is 2.96. The van der Waals surface area contributed by atoms with Crippen LogP contribution in [0, 0.1) is 5.92 Å². The highest BCUT2D eigenvalue weighted by Gasteiger charge is 2.29. The van der Waals surface area contributed by atoms with Crippen molar-refractivity contribution in [2.75, 3.05) is 18.1 Å². The Morgan fingerprint density at radius 2 is 1.94 bits per heavy atom. The molecule has 0 amide bonds. The Balaban J connectivity index is 1.93. The third kappa shape index (κ3) is 3.44. The number of hydrogen-bond donors (Lipinski definition) is 2. The molecule has 5 heteroatoms. The van der Waals surface area contributed by atoms with Crippen molar-refractivity contribution < 1.29 is 13.5 Å². The predicted molar refractivity (Wildman–Crippen MR) is 66.8 cm³/mol. The van der Waals surface area contributed by atoms with E-state index in [1.54, 1.807) is 24.3 Å². The Morgan fingerprint density at radius 1 is 1.35 bits per heavy atom. The van der Waals surface area contributed by atoms with Gasteiger partial charge in [-0.3, -0.25) is 0 Å². The second-order valence-electron chi connectivity index (χ2n) is 4.58. The van der Waals surface area contributed by atoms with Crippen molar-refractivity contribution in [2.24, 2.45) is 5.92 Å². The molecular weight excluding hydrogens is 238 g/mol. The molecule has 1 atom stereocenters. The van der Waals surface area contributed by atoms with Crippen LogP contribution in [0.5, 0.6) is 0 Å². The molecule has 0 aromatic heterocycles. The summed E-state index contributed by atoms with van der Waals surface area (Å²) in [6.07, 6.45) is 3.10. The van der Waals surface area contributed by atoms with Crippen LogP contribution in [0.4, 0.5) is 5.69 Å². The molecule has 1 aromatic carbocycles. The van der Waals surface area contributed by atoms with Crippen molar-refractivity contribution in [3.05, 3.63) is 24.3 Å². The molecule has 94 valence electrons. The monoisotopic (exact) mass is 255 g/mol. The van der Waals surface area contributed by atoms with Crippen molar-refractivity contribution >= 4 is 15.5 Å². The molecule has 4 nitrogen and oxygen atoms in total. The van der Waals surface area contributed by atoms with Gasteiger partial charge < -0.3 is 10.4 Å². The van der Waals surface area contributed by atoms with Gasteiger partial charge in [0.15, 0.2) is 9.84 Å². The van der Waals surface area contributed by atoms with Crippen molar-refractivity contribution in [2.45, 2.75) is 23.8 Å². The molecule has 17 heavy (non-hydrogen) atoms. The minimum Gasteiger partial charge on any atom is -0.391 e. The average molecular weight is 255 g/mol. The van der Waals surface area contributed by atoms with Gasteiger partial charge in [-0.15, -0.1) is 0 Å². The molecule has 2 rings (SSSR count). The molecule has 0 aliphatic heterocycles. The smallest absolute Gasteiger partial charge is 0.175 e. The van der Waals surface area contributed by atoms with E-state index in [2.05, 4.69) is 5.32 Å². The van der Waals surface area contributed by atoms with E-state index in [1.165, 1.54) is 6.26 Å². The number of aliphatic hydroxyl groups is 1. The summed E-state index contributed by atoms with van der Waals surface area (Å²) < 4.78 is 22.5. The largest absolute Gasteiger partial charge is 0.391 e. The van der Waals surface area contributed by atoms with Crippen molar-refractivity contribution in [1.82, 2.24) is 0 Å². The molecule has 0 radical (unpaired) electrons. The van der Waals surface area contributed by atoms with Gasteiger partial charge in [-0.2, -0.15) is 0 Å². The summed E-state index contributed by atoms with van der Waals surface area (Å²) in [7, 11) is -3.13. The minimum atomic E-state index is -3.13. The topological polar surface area (TPSA) is 66.4 Å². The van der Waals surface area contributed by atoms with Crippen molar-refractivity contribution in [3.8, 4) is 0 Å². The molecule has 0 saturated heterocycles. The van der Waals surface area contributed by atoms with Crippen LogP contribution in [-0.2, 0) is 9.84 Å². The fourth-order valence-corrected chi connectivity index (χ4v) is 2.32. The van der Waals surface area contributed by atoms with Crippen LogP contribution in [0.3, 0.4) is 0 Å². The van der Waals surface area contributed by atoms with E-state index in [0.717, 1.165) is 18.5 Å². The van der Waals surface area contributed by atoms with Crippen molar-refractivity contribution in [3.63, 3.8) is 0 Å². The lowest BCUT2D eigenvalue weighted by atomic mass is 10.2. The maximum atomic E-state index is 11.2. The van der Waals surface area contributed by atoms with Gasteiger partial charge in [0.1, 0.15) is 0 Å². The number of aliphatic hydroxyl groups excluding tert-OH is 1. The lowest BCUT2D eigenvalue weighted by Crippen LogP contribution is -2.21. The van der Waals surface area contributed by atoms with E-state index in [0.29, 0.717) is 17.4 Å².